The maximum absolute atomic E-state index is 11.0. The van der Waals surface area contributed by atoms with Crippen molar-refractivity contribution in [1.82, 2.24) is 0 Å². The van der Waals surface area contributed by atoms with Crippen molar-refractivity contribution in [1.29, 1.82) is 0 Å². The Morgan fingerprint density at radius 3 is 3.08 bits per heavy atom. The lowest BCUT2D eigenvalue weighted by Gasteiger charge is -2.26. The average molecular weight is 178 g/mol. The van der Waals surface area contributed by atoms with Crippen molar-refractivity contribution in [3.05, 3.63) is 35.1 Å². The Labute approximate surface area is 76.0 Å². The van der Waals surface area contributed by atoms with Gasteiger partial charge in [-0.25, -0.2) is 4.79 Å². The van der Waals surface area contributed by atoms with Crippen LogP contribution in [0.1, 0.15) is 13.3 Å². The highest BCUT2D eigenvalue weighted by atomic mass is 16.5. The lowest BCUT2D eigenvalue weighted by Crippen LogP contribution is -2.26. The summed E-state index contributed by atoms with van der Waals surface area (Å²) in [7, 11) is 0. The summed E-state index contributed by atoms with van der Waals surface area (Å²) in [5.41, 5.74) is 1.91. The van der Waals surface area contributed by atoms with Crippen molar-refractivity contribution >= 4 is 5.97 Å². The van der Waals surface area contributed by atoms with Crippen molar-refractivity contribution in [3.63, 3.8) is 0 Å². The van der Waals surface area contributed by atoms with Crippen LogP contribution in [-0.4, -0.2) is 17.2 Å². The molecule has 0 amide bonds. The molecule has 1 atom stereocenters. The topological polar surface area (TPSA) is 46.5 Å². The molecule has 0 bridgehead atoms. The number of aliphatic hydroxyl groups excluding tert-OH is 1. The van der Waals surface area contributed by atoms with E-state index in [2.05, 4.69) is 0 Å². The molecule has 0 aromatic rings. The Balaban J connectivity index is 2.39. The number of fused-ring (bicyclic) bond motifs is 1. The van der Waals surface area contributed by atoms with E-state index in [0.717, 1.165) is 11.1 Å². The van der Waals surface area contributed by atoms with Gasteiger partial charge in [0.05, 0.1) is 5.76 Å². The highest BCUT2D eigenvalue weighted by Crippen LogP contribution is 2.29. The Morgan fingerprint density at radius 2 is 2.31 bits per heavy atom. The predicted octanol–water partition coefficient (Wildman–Crippen LogP) is 1.63. The minimum absolute atomic E-state index is 0.260. The van der Waals surface area contributed by atoms with Gasteiger partial charge in [-0.3, -0.25) is 0 Å². The number of ether oxygens (including phenoxy) is 1. The molecular weight excluding hydrogens is 168 g/mol. The minimum Gasteiger partial charge on any atom is -0.512 e. The lowest BCUT2D eigenvalue weighted by atomic mass is 9.92. The van der Waals surface area contributed by atoms with Crippen LogP contribution in [0.3, 0.4) is 0 Å². The summed E-state index contributed by atoms with van der Waals surface area (Å²) >= 11 is 0. The van der Waals surface area contributed by atoms with Gasteiger partial charge in [-0.15, -0.1) is 0 Å². The van der Waals surface area contributed by atoms with Gasteiger partial charge in [-0.05, 0) is 24.1 Å². The van der Waals surface area contributed by atoms with E-state index in [1.807, 2.05) is 6.92 Å². The molecule has 3 nitrogen and oxygen atoms in total. The number of carbonyl (C=O) groups excluding carboxylic acids is 1. The smallest absolute Gasteiger partial charge is 0.331 e. The van der Waals surface area contributed by atoms with Crippen molar-refractivity contribution in [2.75, 3.05) is 0 Å². The molecule has 0 radical (unpaired) electrons. The quantitative estimate of drug-likeness (QED) is 0.573. The molecule has 3 heteroatoms. The zero-order valence-corrected chi connectivity index (χ0v) is 7.28. The Kier molecular flexibility index (Phi) is 1.72. The number of rotatable bonds is 0. The van der Waals surface area contributed by atoms with Gasteiger partial charge in [0.1, 0.15) is 6.10 Å². The van der Waals surface area contributed by atoms with Crippen molar-refractivity contribution in [3.8, 4) is 0 Å². The van der Waals surface area contributed by atoms with E-state index >= 15 is 0 Å². The first kappa shape index (κ1) is 8.10. The van der Waals surface area contributed by atoms with Gasteiger partial charge < -0.3 is 9.84 Å². The average Bonchev–Trinajstić information content (AvgIpc) is 2.02. The van der Waals surface area contributed by atoms with E-state index in [1.54, 1.807) is 12.2 Å². The summed E-state index contributed by atoms with van der Waals surface area (Å²) in [4.78, 5) is 11.0. The molecule has 0 saturated heterocycles. The van der Waals surface area contributed by atoms with Gasteiger partial charge in [0.2, 0.25) is 0 Å². The summed E-state index contributed by atoms with van der Waals surface area (Å²) in [6, 6.07) is 0. The molecule has 2 rings (SSSR count). The summed E-state index contributed by atoms with van der Waals surface area (Å²) < 4.78 is 5.05. The molecule has 0 aromatic heterocycles. The Morgan fingerprint density at radius 1 is 1.54 bits per heavy atom. The SMILES string of the molecule is CC1=CC(=O)OC2CC(O)=CC=C12. The highest BCUT2D eigenvalue weighted by molar-refractivity contribution is 5.86. The zero-order chi connectivity index (χ0) is 9.42. The molecule has 0 aromatic carbocycles. The van der Waals surface area contributed by atoms with Crippen LogP contribution in [0.4, 0.5) is 0 Å². The van der Waals surface area contributed by atoms with Crippen LogP contribution in [0.25, 0.3) is 0 Å². The largest absolute Gasteiger partial charge is 0.512 e. The molecule has 2 aliphatic rings. The first-order chi connectivity index (χ1) is 6.16. The van der Waals surface area contributed by atoms with Crippen LogP contribution < -0.4 is 0 Å². The van der Waals surface area contributed by atoms with Gasteiger partial charge >= 0.3 is 5.97 Å². The molecule has 1 aliphatic heterocycles. The molecule has 1 aliphatic carbocycles. The molecule has 0 spiro atoms. The molecule has 13 heavy (non-hydrogen) atoms. The third-order valence-corrected chi connectivity index (χ3v) is 2.24. The van der Waals surface area contributed by atoms with Crippen LogP contribution in [0.15, 0.2) is 35.1 Å². The van der Waals surface area contributed by atoms with Crippen molar-refractivity contribution in [2.24, 2.45) is 0 Å². The van der Waals surface area contributed by atoms with Crippen LogP contribution in [0.5, 0.6) is 0 Å². The monoisotopic (exact) mass is 178 g/mol. The number of allylic oxidation sites excluding steroid dienone is 2. The van der Waals surface area contributed by atoms with E-state index in [4.69, 9.17) is 4.74 Å². The third-order valence-electron chi connectivity index (χ3n) is 2.24. The number of hydrogen-bond donors (Lipinski definition) is 1. The van der Waals surface area contributed by atoms with Crippen LogP contribution in [0, 0.1) is 0 Å². The Hall–Kier alpha value is -1.51. The lowest BCUT2D eigenvalue weighted by molar-refractivity contribution is -0.142. The number of esters is 1. The Bertz CT molecular complexity index is 347. The van der Waals surface area contributed by atoms with Crippen LogP contribution >= 0.6 is 0 Å². The molecule has 1 unspecified atom stereocenters. The van der Waals surface area contributed by atoms with E-state index in [1.165, 1.54) is 6.08 Å². The van der Waals surface area contributed by atoms with Gasteiger partial charge in [0, 0.05) is 12.5 Å². The number of carbonyl (C=O) groups is 1. The van der Waals surface area contributed by atoms with Gasteiger partial charge in [-0.1, -0.05) is 6.08 Å². The predicted molar refractivity (Wildman–Crippen MR) is 47.0 cm³/mol. The van der Waals surface area contributed by atoms with E-state index in [0.29, 0.717) is 6.42 Å². The summed E-state index contributed by atoms with van der Waals surface area (Å²) in [6.07, 6.45) is 5.01. The maximum Gasteiger partial charge on any atom is 0.331 e. The fourth-order valence-corrected chi connectivity index (χ4v) is 1.59. The third kappa shape index (κ3) is 1.37. The highest BCUT2D eigenvalue weighted by Gasteiger charge is 2.27. The maximum atomic E-state index is 11.0. The van der Waals surface area contributed by atoms with Gasteiger partial charge in [-0.2, -0.15) is 0 Å². The second kappa shape index (κ2) is 2.76. The first-order valence-corrected chi connectivity index (χ1v) is 4.16. The van der Waals surface area contributed by atoms with Gasteiger partial charge in [0.25, 0.3) is 0 Å². The molecular formula is C10H10O3. The fourth-order valence-electron chi connectivity index (χ4n) is 1.59. The standard InChI is InChI=1S/C10H10O3/c1-6-4-10(12)13-9-5-7(11)2-3-8(6)9/h2-4,9,11H,5H2,1H3. The molecule has 1 N–H and O–H groups in total. The van der Waals surface area contributed by atoms with Crippen molar-refractivity contribution < 1.29 is 14.6 Å². The van der Waals surface area contributed by atoms with E-state index in [9.17, 15) is 9.90 Å². The summed E-state index contributed by atoms with van der Waals surface area (Å²) in [6.45, 7) is 1.87. The number of aliphatic hydroxyl groups is 1. The second-order valence-electron chi connectivity index (χ2n) is 3.24. The van der Waals surface area contributed by atoms with Crippen molar-refractivity contribution in [2.45, 2.75) is 19.4 Å². The number of hydrogen-bond acceptors (Lipinski definition) is 3. The normalized spacial score (nSPS) is 26.7. The minimum atomic E-state index is -0.325. The van der Waals surface area contributed by atoms with E-state index < -0.39 is 0 Å². The summed E-state index contributed by atoms with van der Waals surface area (Å²) in [5, 5.41) is 9.23. The first-order valence-electron chi connectivity index (χ1n) is 4.16. The summed E-state index contributed by atoms with van der Waals surface area (Å²) in [5.74, 6) is -0.0643. The molecule has 0 saturated carbocycles. The van der Waals surface area contributed by atoms with Crippen LogP contribution in [0.2, 0.25) is 0 Å². The molecule has 68 valence electrons. The molecule has 0 fully saturated rings. The van der Waals surface area contributed by atoms with Crippen LogP contribution in [-0.2, 0) is 9.53 Å². The zero-order valence-electron chi connectivity index (χ0n) is 7.28. The van der Waals surface area contributed by atoms with Gasteiger partial charge in [0.15, 0.2) is 0 Å². The van der Waals surface area contributed by atoms with E-state index in [-0.39, 0.29) is 17.8 Å². The second-order valence-corrected chi connectivity index (χ2v) is 3.24. The molecule has 1 heterocycles. The fraction of sp³-hybridized carbons (Fsp3) is 0.300.